The first-order valence-electron chi connectivity index (χ1n) is 10.0. The molecule has 154 valence electrons. The number of carbonyl (C=O) groups excluding carboxylic acids is 2. The van der Waals surface area contributed by atoms with Gasteiger partial charge in [0.25, 0.3) is 5.91 Å². The van der Waals surface area contributed by atoms with Crippen molar-refractivity contribution in [3.8, 4) is 0 Å². The van der Waals surface area contributed by atoms with Crippen molar-refractivity contribution in [1.29, 1.82) is 0 Å². The first kappa shape index (κ1) is 21.3. The molecule has 0 radical (unpaired) electrons. The monoisotopic (exact) mass is 401 g/mol. The van der Waals surface area contributed by atoms with Crippen molar-refractivity contribution >= 4 is 23.2 Å². The Morgan fingerprint density at radius 2 is 1.63 bits per heavy atom. The lowest BCUT2D eigenvalue weighted by Crippen LogP contribution is -2.38. The van der Waals surface area contributed by atoms with E-state index >= 15 is 0 Å². The van der Waals surface area contributed by atoms with Crippen LogP contribution in [0.4, 0.5) is 11.4 Å². The minimum absolute atomic E-state index is 0.0956. The number of anilines is 2. The molecule has 2 amide bonds. The molecule has 0 heterocycles. The van der Waals surface area contributed by atoms with E-state index in [1.807, 2.05) is 60.7 Å². The van der Waals surface area contributed by atoms with E-state index in [0.29, 0.717) is 29.4 Å². The molecule has 0 spiro atoms. The van der Waals surface area contributed by atoms with Crippen LogP contribution in [0.2, 0.25) is 0 Å². The Kier molecular flexibility index (Phi) is 6.99. The molecule has 0 atom stereocenters. The fourth-order valence-electron chi connectivity index (χ4n) is 3.17. The van der Waals surface area contributed by atoms with Gasteiger partial charge in [-0.25, -0.2) is 0 Å². The Morgan fingerprint density at radius 3 is 2.27 bits per heavy atom. The summed E-state index contributed by atoms with van der Waals surface area (Å²) < 4.78 is 0. The summed E-state index contributed by atoms with van der Waals surface area (Å²) in [5, 5.41) is 2.88. The van der Waals surface area contributed by atoms with Gasteiger partial charge in [0, 0.05) is 23.5 Å². The molecular weight excluding hydrogens is 374 g/mol. The second kappa shape index (κ2) is 9.85. The zero-order valence-corrected chi connectivity index (χ0v) is 17.3. The molecular formula is C25H27N3O2. The SMILES string of the molecule is CC(C)c1ccc(NC(=O)CN(C(=O)c2cccc(CN)c2)c2ccccc2)cc1. The van der Waals surface area contributed by atoms with E-state index in [0.717, 1.165) is 5.56 Å². The van der Waals surface area contributed by atoms with Crippen molar-refractivity contribution in [3.63, 3.8) is 0 Å². The number of para-hydroxylation sites is 1. The molecule has 0 unspecified atom stereocenters. The molecule has 0 aromatic heterocycles. The van der Waals surface area contributed by atoms with E-state index in [1.54, 1.807) is 18.2 Å². The Labute approximate surface area is 177 Å². The summed E-state index contributed by atoms with van der Waals surface area (Å²) in [6.45, 7) is 4.49. The minimum atomic E-state index is -0.264. The van der Waals surface area contributed by atoms with Crippen molar-refractivity contribution in [2.45, 2.75) is 26.3 Å². The molecule has 0 saturated carbocycles. The Morgan fingerprint density at radius 1 is 0.933 bits per heavy atom. The summed E-state index contributed by atoms with van der Waals surface area (Å²) in [4.78, 5) is 27.5. The maximum absolute atomic E-state index is 13.2. The van der Waals surface area contributed by atoms with Gasteiger partial charge in [0.2, 0.25) is 5.91 Å². The van der Waals surface area contributed by atoms with E-state index in [1.165, 1.54) is 10.5 Å². The van der Waals surface area contributed by atoms with Crippen LogP contribution in [0.15, 0.2) is 78.9 Å². The Hall–Kier alpha value is -3.44. The van der Waals surface area contributed by atoms with E-state index in [4.69, 9.17) is 5.73 Å². The van der Waals surface area contributed by atoms with Crippen LogP contribution in [0.3, 0.4) is 0 Å². The molecule has 30 heavy (non-hydrogen) atoms. The predicted octanol–water partition coefficient (Wildman–Crippen LogP) is 4.55. The molecule has 0 bridgehead atoms. The zero-order chi connectivity index (χ0) is 21.5. The molecule has 5 heteroatoms. The lowest BCUT2D eigenvalue weighted by atomic mass is 10.0. The van der Waals surface area contributed by atoms with Crippen molar-refractivity contribution < 1.29 is 9.59 Å². The normalized spacial score (nSPS) is 10.7. The number of amides is 2. The van der Waals surface area contributed by atoms with E-state index < -0.39 is 0 Å². The maximum Gasteiger partial charge on any atom is 0.258 e. The van der Waals surface area contributed by atoms with Gasteiger partial charge in [-0.1, -0.05) is 56.3 Å². The third-order valence-electron chi connectivity index (χ3n) is 4.89. The van der Waals surface area contributed by atoms with Crippen LogP contribution in [0.1, 0.15) is 41.3 Å². The molecule has 3 aromatic carbocycles. The lowest BCUT2D eigenvalue weighted by Gasteiger charge is -2.23. The van der Waals surface area contributed by atoms with Gasteiger partial charge in [0.05, 0.1) is 0 Å². The molecule has 0 aliphatic carbocycles. The Balaban J connectivity index is 1.80. The standard InChI is InChI=1S/C25H27N3O2/c1-18(2)20-11-13-22(14-12-20)27-24(29)17-28(23-9-4-3-5-10-23)25(30)21-8-6-7-19(15-21)16-26/h3-15,18H,16-17,26H2,1-2H3,(H,27,29). The number of hydrogen-bond acceptors (Lipinski definition) is 3. The highest BCUT2D eigenvalue weighted by Crippen LogP contribution is 2.19. The van der Waals surface area contributed by atoms with E-state index in [9.17, 15) is 9.59 Å². The molecule has 0 aliphatic rings. The van der Waals surface area contributed by atoms with E-state index in [2.05, 4.69) is 19.2 Å². The zero-order valence-electron chi connectivity index (χ0n) is 17.3. The maximum atomic E-state index is 13.2. The summed E-state index contributed by atoms with van der Waals surface area (Å²) in [6, 6.07) is 24.1. The third kappa shape index (κ3) is 5.33. The van der Waals surface area contributed by atoms with Gasteiger partial charge in [0.1, 0.15) is 6.54 Å². The summed E-state index contributed by atoms with van der Waals surface area (Å²) in [5.41, 5.74) is 9.64. The molecule has 0 saturated heterocycles. The van der Waals surface area contributed by atoms with Gasteiger partial charge < -0.3 is 11.1 Å². The number of nitrogens with one attached hydrogen (secondary N) is 1. The number of benzene rings is 3. The summed E-state index contributed by atoms with van der Waals surface area (Å²) in [6.07, 6.45) is 0. The molecule has 3 aromatic rings. The van der Waals surface area contributed by atoms with Crippen molar-refractivity contribution in [1.82, 2.24) is 0 Å². The number of carbonyl (C=O) groups is 2. The van der Waals surface area contributed by atoms with Crippen molar-refractivity contribution in [2.24, 2.45) is 5.73 Å². The van der Waals surface area contributed by atoms with Crippen LogP contribution in [0.25, 0.3) is 0 Å². The average Bonchev–Trinajstić information content (AvgIpc) is 2.78. The number of rotatable bonds is 7. The van der Waals surface area contributed by atoms with Gasteiger partial charge in [0.15, 0.2) is 0 Å². The fourth-order valence-corrected chi connectivity index (χ4v) is 3.17. The number of hydrogen-bond donors (Lipinski definition) is 2. The smallest absolute Gasteiger partial charge is 0.258 e. The molecule has 0 fully saturated rings. The quantitative estimate of drug-likeness (QED) is 0.610. The molecule has 5 nitrogen and oxygen atoms in total. The first-order valence-corrected chi connectivity index (χ1v) is 10.0. The van der Waals surface area contributed by atoms with Gasteiger partial charge >= 0.3 is 0 Å². The second-order valence-electron chi connectivity index (χ2n) is 7.46. The fraction of sp³-hybridized carbons (Fsp3) is 0.200. The predicted molar refractivity (Wildman–Crippen MR) is 122 cm³/mol. The topological polar surface area (TPSA) is 75.4 Å². The summed E-state index contributed by atoms with van der Waals surface area (Å²) in [7, 11) is 0. The van der Waals surface area contributed by atoms with Crippen LogP contribution < -0.4 is 16.0 Å². The van der Waals surface area contributed by atoms with Crippen LogP contribution in [-0.2, 0) is 11.3 Å². The summed E-state index contributed by atoms with van der Waals surface area (Å²) in [5.74, 6) is -0.0912. The van der Waals surface area contributed by atoms with Crippen LogP contribution in [0, 0.1) is 0 Å². The summed E-state index contributed by atoms with van der Waals surface area (Å²) >= 11 is 0. The average molecular weight is 402 g/mol. The third-order valence-corrected chi connectivity index (χ3v) is 4.89. The number of nitrogens with two attached hydrogens (primary N) is 1. The first-order chi connectivity index (χ1) is 14.5. The van der Waals surface area contributed by atoms with E-state index in [-0.39, 0.29) is 18.4 Å². The Bertz CT molecular complexity index is 998. The van der Waals surface area contributed by atoms with Crippen molar-refractivity contribution in [2.75, 3.05) is 16.8 Å². The lowest BCUT2D eigenvalue weighted by molar-refractivity contribution is -0.114. The molecule has 3 rings (SSSR count). The highest BCUT2D eigenvalue weighted by atomic mass is 16.2. The minimum Gasteiger partial charge on any atom is -0.326 e. The van der Waals surface area contributed by atoms with Gasteiger partial charge in [-0.05, 0) is 53.4 Å². The highest BCUT2D eigenvalue weighted by Gasteiger charge is 2.21. The highest BCUT2D eigenvalue weighted by molar-refractivity contribution is 6.10. The van der Waals surface area contributed by atoms with Crippen LogP contribution in [-0.4, -0.2) is 18.4 Å². The van der Waals surface area contributed by atoms with Crippen molar-refractivity contribution in [3.05, 3.63) is 95.6 Å². The molecule has 0 aliphatic heterocycles. The largest absolute Gasteiger partial charge is 0.326 e. The van der Waals surface area contributed by atoms with Crippen LogP contribution >= 0.6 is 0 Å². The van der Waals surface area contributed by atoms with Gasteiger partial charge in [-0.2, -0.15) is 0 Å². The van der Waals surface area contributed by atoms with Gasteiger partial charge in [-0.15, -0.1) is 0 Å². The van der Waals surface area contributed by atoms with Crippen LogP contribution in [0.5, 0.6) is 0 Å². The van der Waals surface area contributed by atoms with Gasteiger partial charge in [-0.3, -0.25) is 14.5 Å². The number of nitrogens with zero attached hydrogens (tertiary/aromatic N) is 1. The molecule has 3 N–H and O–H groups in total. The second-order valence-corrected chi connectivity index (χ2v) is 7.46.